The van der Waals surface area contributed by atoms with E-state index in [2.05, 4.69) is 48.5 Å². The molecule has 0 aliphatic heterocycles. The van der Waals surface area contributed by atoms with Gasteiger partial charge in [-0.2, -0.15) is 0 Å². The van der Waals surface area contributed by atoms with Crippen LogP contribution in [0.5, 0.6) is 0 Å². The van der Waals surface area contributed by atoms with Gasteiger partial charge in [0.25, 0.3) is 0 Å². The molecular weight excluding hydrogens is 232 g/mol. The fourth-order valence-corrected chi connectivity index (χ4v) is 3.00. The molecule has 19 heavy (non-hydrogen) atoms. The maximum absolute atomic E-state index is 3.37. The molecule has 1 saturated carbocycles. The van der Waals surface area contributed by atoms with Gasteiger partial charge in [0.1, 0.15) is 0 Å². The predicted molar refractivity (Wildman–Crippen MR) is 83.7 cm³/mol. The predicted octanol–water partition coefficient (Wildman–Crippen LogP) is 3.81. The van der Waals surface area contributed by atoms with Crippen molar-refractivity contribution in [3.63, 3.8) is 0 Å². The van der Waals surface area contributed by atoms with E-state index in [1.165, 1.54) is 49.9 Å². The quantitative estimate of drug-likeness (QED) is 0.836. The summed E-state index contributed by atoms with van der Waals surface area (Å²) in [6.45, 7) is 5.37. The molecule has 0 spiro atoms. The molecule has 0 atom stereocenters. The van der Waals surface area contributed by atoms with E-state index in [0.29, 0.717) is 0 Å². The summed E-state index contributed by atoms with van der Waals surface area (Å²) in [5.74, 6) is 0.903. The van der Waals surface area contributed by atoms with E-state index in [1.807, 2.05) is 0 Å². The van der Waals surface area contributed by atoms with E-state index < -0.39 is 0 Å². The van der Waals surface area contributed by atoms with Gasteiger partial charge in [0.15, 0.2) is 0 Å². The molecule has 0 saturated heterocycles. The Morgan fingerprint density at radius 2 is 1.79 bits per heavy atom. The Hall–Kier alpha value is -1.02. The van der Waals surface area contributed by atoms with Crippen LogP contribution in [0.15, 0.2) is 24.3 Å². The van der Waals surface area contributed by atoms with Gasteiger partial charge >= 0.3 is 0 Å². The van der Waals surface area contributed by atoms with E-state index >= 15 is 0 Å². The van der Waals surface area contributed by atoms with E-state index in [9.17, 15) is 0 Å². The number of rotatable bonds is 6. The van der Waals surface area contributed by atoms with Crippen molar-refractivity contribution in [2.75, 3.05) is 25.0 Å². The molecule has 1 aromatic rings. The Balaban J connectivity index is 1.85. The van der Waals surface area contributed by atoms with Crippen LogP contribution in [0.4, 0.5) is 5.69 Å². The van der Waals surface area contributed by atoms with E-state index in [1.54, 1.807) is 0 Å². The lowest BCUT2D eigenvalue weighted by Gasteiger charge is -2.28. The first-order valence-electron chi connectivity index (χ1n) is 7.80. The first-order chi connectivity index (χ1) is 9.29. The van der Waals surface area contributed by atoms with Crippen molar-refractivity contribution in [1.82, 2.24) is 5.32 Å². The van der Waals surface area contributed by atoms with Crippen LogP contribution in [0.3, 0.4) is 0 Å². The lowest BCUT2D eigenvalue weighted by Crippen LogP contribution is -2.26. The summed E-state index contributed by atoms with van der Waals surface area (Å²) in [5, 5.41) is 3.37. The van der Waals surface area contributed by atoms with Gasteiger partial charge < -0.3 is 10.2 Å². The van der Waals surface area contributed by atoms with Gasteiger partial charge in [-0.25, -0.2) is 0 Å². The minimum atomic E-state index is 0.903. The van der Waals surface area contributed by atoms with Crippen LogP contribution < -0.4 is 10.2 Å². The molecule has 106 valence electrons. The fraction of sp³-hybridized carbons (Fsp3) is 0.647. The number of hydrogen-bond donors (Lipinski definition) is 1. The summed E-state index contributed by atoms with van der Waals surface area (Å²) >= 11 is 0. The molecule has 1 fully saturated rings. The van der Waals surface area contributed by atoms with Crippen LogP contribution in [0.25, 0.3) is 0 Å². The highest BCUT2D eigenvalue weighted by atomic mass is 15.1. The largest absolute Gasteiger partial charge is 0.374 e. The summed E-state index contributed by atoms with van der Waals surface area (Å²) < 4.78 is 0. The topological polar surface area (TPSA) is 15.3 Å². The second-order valence-corrected chi connectivity index (χ2v) is 5.83. The van der Waals surface area contributed by atoms with Crippen LogP contribution in [-0.2, 0) is 6.54 Å². The number of benzene rings is 1. The second-order valence-electron chi connectivity index (χ2n) is 5.83. The van der Waals surface area contributed by atoms with E-state index in [4.69, 9.17) is 0 Å². The van der Waals surface area contributed by atoms with Crippen molar-refractivity contribution < 1.29 is 0 Å². The molecule has 0 heterocycles. The third kappa shape index (κ3) is 4.54. The molecule has 2 nitrogen and oxygen atoms in total. The molecular formula is C17H28N2. The molecule has 0 unspecified atom stereocenters. The smallest absolute Gasteiger partial charge is 0.0363 e. The molecule has 1 N–H and O–H groups in total. The Kier molecular flexibility index (Phi) is 5.71. The number of nitrogens with zero attached hydrogens (tertiary/aromatic N) is 1. The van der Waals surface area contributed by atoms with E-state index in [-0.39, 0.29) is 0 Å². The van der Waals surface area contributed by atoms with E-state index in [0.717, 1.165) is 19.0 Å². The van der Waals surface area contributed by atoms with Gasteiger partial charge in [0.2, 0.25) is 0 Å². The number of nitrogens with one attached hydrogen (secondary N) is 1. The van der Waals surface area contributed by atoms with Crippen molar-refractivity contribution in [3.8, 4) is 0 Å². The minimum Gasteiger partial charge on any atom is -0.374 e. The van der Waals surface area contributed by atoms with Gasteiger partial charge in [-0.3, -0.25) is 0 Å². The van der Waals surface area contributed by atoms with Crippen molar-refractivity contribution >= 4 is 5.69 Å². The minimum absolute atomic E-state index is 0.903. The maximum atomic E-state index is 3.37. The molecule has 0 amide bonds. The summed E-state index contributed by atoms with van der Waals surface area (Å²) in [5.41, 5.74) is 2.72. The van der Waals surface area contributed by atoms with Crippen LogP contribution in [0, 0.1) is 5.92 Å². The lowest BCUT2D eigenvalue weighted by molar-refractivity contribution is 0.362. The SMILES string of the molecule is CCNCc1ccc(N(C)CC2CCCCC2)cc1. The molecule has 1 aliphatic rings. The van der Waals surface area contributed by atoms with Crippen molar-refractivity contribution in [1.29, 1.82) is 0 Å². The highest BCUT2D eigenvalue weighted by Crippen LogP contribution is 2.25. The van der Waals surface area contributed by atoms with Crippen molar-refractivity contribution in [2.24, 2.45) is 5.92 Å². The molecule has 2 rings (SSSR count). The first kappa shape index (κ1) is 14.4. The van der Waals surface area contributed by atoms with Gasteiger partial charge in [0, 0.05) is 25.8 Å². The zero-order chi connectivity index (χ0) is 13.5. The van der Waals surface area contributed by atoms with Gasteiger partial charge in [0.05, 0.1) is 0 Å². The van der Waals surface area contributed by atoms with Crippen LogP contribution in [0.2, 0.25) is 0 Å². The molecule has 1 aromatic carbocycles. The average molecular weight is 260 g/mol. The molecule has 0 radical (unpaired) electrons. The lowest BCUT2D eigenvalue weighted by atomic mass is 9.89. The summed E-state index contributed by atoms with van der Waals surface area (Å²) in [6, 6.07) is 9.01. The monoisotopic (exact) mass is 260 g/mol. The van der Waals surface area contributed by atoms with Crippen molar-refractivity contribution in [2.45, 2.75) is 45.6 Å². The third-order valence-corrected chi connectivity index (χ3v) is 4.21. The molecule has 2 heteroatoms. The zero-order valence-corrected chi connectivity index (χ0v) is 12.5. The van der Waals surface area contributed by atoms with Crippen LogP contribution in [-0.4, -0.2) is 20.1 Å². The van der Waals surface area contributed by atoms with Crippen LogP contribution >= 0.6 is 0 Å². The number of hydrogen-bond acceptors (Lipinski definition) is 2. The molecule has 0 aromatic heterocycles. The van der Waals surface area contributed by atoms with Gasteiger partial charge in [-0.15, -0.1) is 0 Å². The second kappa shape index (κ2) is 7.54. The molecule has 0 bridgehead atoms. The summed E-state index contributed by atoms with van der Waals surface area (Å²) in [6.07, 6.45) is 7.14. The zero-order valence-electron chi connectivity index (χ0n) is 12.5. The third-order valence-electron chi connectivity index (χ3n) is 4.21. The van der Waals surface area contributed by atoms with Crippen molar-refractivity contribution in [3.05, 3.63) is 29.8 Å². The average Bonchev–Trinajstić information content (AvgIpc) is 2.46. The number of anilines is 1. The standard InChI is InChI=1S/C17H28N2/c1-3-18-13-15-9-11-17(12-10-15)19(2)14-16-7-5-4-6-8-16/h9-12,16,18H,3-8,13-14H2,1-2H3. The van der Waals surface area contributed by atoms with Gasteiger partial charge in [-0.05, 0) is 43.0 Å². The summed E-state index contributed by atoms with van der Waals surface area (Å²) in [7, 11) is 2.23. The highest BCUT2D eigenvalue weighted by molar-refractivity contribution is 5.46. The Morgan fingerprint density at radius 1 is 1.11 bits per heavy atom. The fourth-order valence-electron chi connectivity index (χ4n) is 3.00. The normalized spacial score (nSPS) is 16.5. The summed E-state index contributed by atoms with van der Waals surface area (Å²) in [4.78, 5) is 2.42. The first-order valence-corrected chi connectivity index (χ1v) is 7.80. The Labute approximate surface area is 118 Å². The highest BCUT2D eigenvalue weighted by Gasteiger charge is 2.15. The van der Waals surface area contributed by atoms with Gasteiger partial charge in [-0.1, -0.05) is 38.3 Å². The van der Waals surface area contributed by atoms with Crippen LogP contribution in [0.1, 0.15) is 44.6 Å². The Bertz CT molecular complexity index is 352. The maximum Gasteiger partial charge on any atom is 0.0363 e. The molecule has 1 aliphatic carbocycles. The Morgan fingerprint density at radius 3 is 2.42 bits per heavy atom.